The van der Waals surface area contributed by atoms with Gasteiger partial charge in [0.05, 0.1) is 24.0 Å². The number of hydrogen-bond donors (Lipinski definition) is 1. The Bertz CT molecular complexity index is 1820. The maximum Gasteiger partial charge on any atom is 0.242 e. The van der Waals surface area contributed by atoms with E-state index in [1.165, 1.54) is 6.07 Å². The number of halogens is 1. The number of piperazine rings is 1. The molecule has 3 aliphatic rings. The molecule has 1 unspecified atom stereocenters. The number of Topliss-reactive ketones (excluding diaryl/α,β-unsaturated/α-hetero) is 1. The van der Waals surface area contributed by atoms with Gasteiger partial charge < -0.3 is 24.8 Å². The van der Waals surface area contributed by atoms with Gasteiger partial charge in [-0.15, -0.1) is 0 Å². The zero-order valence-corrected chi connectivity index (χ0v) is 26.8. The molecule has 1 fully saturated rings. The first kappa shape index (κ1) is 30.5. The Labute approximate surface area is 275 Å². The Balaban J connectivity index is 1.27. The normalized spacial score (nSPS) is 19.0. The van der Waals surface area contributed by atoms with Crippen LogP contribution in [-0.2, 0) is 9.59 Å². The van der Waals surface area contributed by atoms with Gasteiger partial charge in [-0.2, -0.15) is 0 Å². The molecule has 240 valence electrons. The summed E-state index contributed by atoms with van der Waals surface area (Å²) < 4.78 is 21.3. The number of carbonyl (C=O) groups excluding carboxylic acids is 2. The molecule has 8 heteroatoms. The average Bonchev–Trinajstić information content (AvgIpc) is 3.20. The summed E-state index contributed by atoms with van der Waals surface area (Å²) in [5.74, 6) is 0.0640. The molecule has 4 aromatic rings. The minimum Gasteiger partial charge on any atom is -0.454 e. The summed E-state index contributed by atoms with van der Waals surface area (Å²) in [5, 5.41) is 3.60. The van der Waals surface area contributed by atoms with Crippen LogP contribution in [-0.4, -0.2) is 49.3 Å². The molecule has 0 aromatic heterocycles. The van der Waals surface area contributed by atoms with Gasteiger partial charge in [0.2, 0.25) is 5.91 Å². The molecule has 0 bridgehead atoms. The van der Waals surface area contributed by atoms with Crippen molar-refractivity contribution in [2.24, 2.45) is 5.41 Å². The van der Waals surface area contributed by atoms with E-state index >= 15 is 4.39 Å². The Morgan fingerprint density at radius 2 is 1.55 bits per heavy atom. The first-order valence-electron chi connectivity index (χ1n) is 16.2. The lowest BCUT2D eigenvalue weighted by Gasteiger charge is -2.40. The number of rotatable bonds is 6. The van der Waals surface area contributed by atoms with Crippen molar-refractivity contribution < 1.29 is 18.7 Å². The van der Waals surface area contributed by atoms with Crippen molar-refractivity contribution in [3.8, 4) is 11.5 Å². The summed E-state index contributed by atoms with van der Waals surface area (Å²) in [5.41, 5.74) is 4.68. The lowest BCUT2D eigenvalue weighted by molar-refractivity contribution is -0.130. The second kappa shape index (κ2) is 12.6. The highest BCUT2D eigenvalue weighted by atomic mass is 19.1. The molecule has 47 heavy (non-hydrogen) atoms. The minimum atomic E-state index is -0.641. The SMILES string of the molecule is CC1(C)CC(=O)C2=C(C1)Nc1ccccc1N(CC(=O)N1CCN(c3ccccc3)CC1)C2c1ccc(F)c(Oc2ccccc2)c1. The van der Waals surface area contributed by atoms with Gasteiger partial charge in [-0.05, 0) is 65.9 Å². The third-order valence-corrected chi connectivity index (χ3v) is 9.31. The van der Waals surface area contributed by atoms with Crippen LogP contribution in [0.2, 0.25) is 0 Å². The van der Waals surface area contributed by atoms with Gasteiger partial charge in [0.25, 0.3) is 0 Å². The molecular weight excluding hydrogens is 591 g/mol. The zero-order valence-electron chi connectivity index (χ0n) is 26.8. The lowest BCUT2D eigenvalue weighted by Crippen LogP contribution is -2.52. The van der Waals surface area contributed by atoms with Crippen molar-refractivity contribution in [1.82, 2.24) is 4.90 Å². The molecule has 0 spiro atoms. The van der Waals surface area contributed by atoms with Gasteiger partial charge >= 0.3 is 0 Å². The number of amides is 1. The molecule has 1 N–H and O–H groups in total. The molecule has 0 radical (unpaired) electrons. The summed E-state index contributed by atoms with van der Waals surface area (Å²) >= 11 is 0. The van der Waals surface area contributed by atoms with Gasteiger partial charge in [0.15, 0.2) is 17.3 Å². The molecule has 2 heterocycles. The molecule has 7 nitrogen and oxygen atoms in total. The molecule has 1 aliphatic carbocycles. The highest BCUT2D eigenvalue weighted by molar-refractivity contribution is 6.02. The third-order valence-electron chi connectivity index (χ3n) is 9.31. The van der Waals surface area contributed by atoms with Crippen molar-refractivity contribution in [1.29, 1.82) is 0 Å². The maximum absolute atomic E-state index is 15.3. The first-order valence-corrected chi connectivity index (χ1v) is 16.2. The Morgan fingerprint density at radius 1 is 0.872 bits per heavy atom. The summed E-state index contributed by atoms with van der Waals surface area (Å²) in [4.78, 5) is 34.5. The van der Waals surface area contributed by atoms with E-state index in [0.717, 1.165) is 35.8 Å². The van der Waals surface area contributed by atoms with Crippen LogP contribution in [0.5, 0.6) is 11.5 Å². The number of carbonyl (C=O) groups is 2. The second-order valence-corrected chi connectivity index (χ2v) is 13.3. The quantitative estimate of drug-likeness (QED) is 0.237. The number of nitrogens with one attached hydrogen (secondary N) is 1. The number of ether oxygens (including phenoxy) is 1. The van der Waals surface area contributed by atoms with E-state index in [-0.39, 0.29) is 29.4 Å². The molecule has 1 saturated heterocycles. The second-order valence-electron chi connectivity index (χ2n) is 13.3. The monoisotopic (exact) mass is 630 g/mol. The molecular formula is C39H39FN4O3. The van der Waals surface area contributed by atoms with Crippen LogP contribution in [0.3, 0.4) is 0 Å². The maximum atomic E-state index is 15.3. The van der Waals surface area contributed by atoms with Crippen LogP contribution in [0.1, 0.15) is 38.3 Å². The number of nitrogens with zero attached hydrogens (tertiary/aromatic N) is 3. The topological polar surface area (TPSA) is 65.1 Å². The molecule has 4 aromatic carbocycles. The number of para-hydroxylation sites is 4. The largest absolute Gasteiger partial charge is 0.454 e. The third kappa shape index (κ3) is 6.32. The van der Waals surface area contributed by atoms with E-state index in [2.05, 4.69) is 36.2 Å². The molecule has 7 rings (SSSR count). The molecule has 1 atom stereocenters. The smallest absolute Gasteiger partial charge is 0.242 e. The molecule has 2 aliphatic heterocycles. The van der Waals surface area contributed by atoms with Gasteiger partial charge in [0.1, 0.15) is 5.75 Å². The van der Waals surface area contributed by atoms with Crippen LogP contribution >= 0.6 is 0 Å². The van der Waals surface area contributed by atoms with E-state index in [9.17, 15) is 9.59 Å². The number of hydrogen-bond acceptors (Lipinski definition) is 6. The van der Waals surface area contributed by atoms with Crippen LogP contribution < -0.4 is 19.9 Å². The van der Waals surface area contributed by atoms with Crippen LogP contribution in [0.15, 0.2) is 114 Å². The van der Waals surface area contributed by atoms with Crippen molar-refractivity contribution in [2.75, 3.05) is 47.8 Å². The fraction of sp³-hybridized carbons (Fsp3) is 0.282. The number of allylic oxidation sites excluding steroid dienone is 1. The van der Waals surface area contributed by atoms with E-state index < -0.39 is 11.9 Å². The molecule has 0 saturated carbocycles. The highest BCUT2D eigenvalue weighted by Gasteiger charge is 2.42. The predicted molar refractivity (Wildman–Crippen MR) is 183 cm³/mol. The summed E-state index contributed by atoms with van der Waals surface area (Å²) in [6.45, 7) is 6.91. The van der Waals surface area contributed by atoms with Crippen molar-refractivity contribution >= 4 is 28.8 Å². The van der Waals surface area contributed by atoms with Crippen molar-refractivity contribution in [2.45, 2.75) is 32.7 Å². The van der Waals surface area contributed by atoms with Gasteiger partial charge in [-0.3, -0.25) is 9.59 Å². The van der Waals surface area contributed by atoms with E-state index in [0.29, 0.717) is 42.8 Å². The predicted octanol–water partition coefficient (Wildman–Crippen LogP) is 7.58. The fourth-order valence-corrected chi connectivity index (χ4v) is 7.06. The van der Waals surface area contributed by atoms with Gasteiger partial charge in [0, 0.05) is 49.6 Å². The average molecular weight is 631 g/mol. The standard InChI is InChI=1S/C39H39FN4O3/c1-39(2)24-32-37(34(45)25-39)38(27-17-18-30(40)35(23-27)47-29-13-7-4-8-14-29)44(33-16-10-9-15-31(33)41-32)26-36(46)43-21-19-42(20-22-43)28-11-5-3-6-12-28/h3-18,23,38,41H,19-22,24-26H2,1-2H3. The number of fused-ring (bicyclic) bond motifs is 1. The number of ketones is 1. The van der Waals surface area contributed by atoms with Gasteiger partial charge in [-0.1, -0.05) is 68.4 Å². The highest BCUT2D eigenvalue weighted by Crippen LogP contribution is 2.48. The molecule has 1 amide bonds. The van der Waals surface area contributed by atoms with Gasteiger partial charge in [-0.25, -0.2) is 4.39 Å². The fourth-order valence-electron chi connectivity index (χ4n) is 7.06. The van der Waals surface area contributed by atoms with Crippen LogP contribution in [0, 0.1) is 11.2 Å². The first-order chi connectivity index (χ1) is 22.8. The van der Waals surface area contributed by atoms with E-state index in [1.807, 2.05) is 70.5 Å². The minimum absolute atomic E-state index is 0.0188. The summed E-state index contributed by atoms with van der Waals surface area (Å²) in [6.07, 6.45) is 1.04. The Kier molecular flexibility index (Phi) is 8.18. The summed E-state index contributed by atoms with van der Waals surface area (Å²) in [6, 6.07) is 31.3. The summed E-state index contributed by atoms with van der Waals surface area (Å²) in [7, 11) is 0. The van der Waals surface area contributed by atoms with E-state index in [4.69, 9.17) is 4.74 Å². The van der Waals surface area contributed by atoms with Crippen molar-refractivity contribution in [3.63, 3.8) is 0 Å². The van der Waals surface area contributed by atoms with Crippen LogP contribution in [0.4, 0.5) is 21.5 Å². The lowest BCUT2D eigenvalue weighted by atomic mass is 9.73. The zero-order chi connectivity index (χ0) is 32.5. The van der Waals surface area contributed by atoms with Crippen molar-refractivity contribution in [3.05, 3.63) is 126 Å². The van der Waals surface area contributed by atoms with E-state index in [1.54, 1.807) is 24.3 Å². The number of benzene rings is 4. The number of anilines is 3. The van der Waals surface area contributed by atoms with Crippen LogP contribution in [0.25, 0.3) is 0 Å². The Morgan fingerprint density at radius 3 is 2.30 bits per heavy atom. The Hall–Kier alpha value is -5.11.